The quantitative estimate of drug-likeness (QED) is 0.123. The summed E-state index contributed by atoms with van der Waals surface area (Å²) in [5.41, 5.74) is 3.38. The molecule has 1 aromatic heterocycles. The van der Waals surface area contributed by atoms with Crippen molar-refractivity contribution in [3.8, 4) is 5.75 Å². The minimum Gasteiger partial charge on any atom is -0.748 e. The molecule has 0 saturated heterocycles. The molecule has 0 radical (unpaired) electrons. The molecule has 186 valence electrons. The lowest BCUT2D eigenvalue weighted by Gasteiger charge is -2.15. The Kier molecular flexibility index (Phi) is 7.05. The van der Waals surface area contributed by atoms with Crippen molar-refractivity contribution < 1.29 is 36.6 Å². The minimum atomic E-state index is -4.34. The molecule has 9 heteroatoms. The number of para-hydroxylation sites is 2. The Balaban J connectivity index is 1.83. The highest BCUT2D eigenvalue weighted by molar-refractivity contribution is 7.85. The Hall–Kier alpha value is -3.82. The van der Waals surface area contributed by atoms with Crippen LogP contribution in [0.25, 0.3) is 21.8 Å². The zero-order valence-corrected chi connectivity index (χ0v) is 20.9. The van der Waals surface area contributed by atoms with Crippen molar-refractivity contribution in [3.05, 3.63) is 82.9 Å². The highest BCUT2D eigenvalue weighted by Gasteiger charge is 2.26. The third-order valence-corrected chi connectivity index (χ3v) is 6.77. The highest BCUT2D eigenvalue weighted by Crippen LogP contribution is 2.30. The van der Waals surface area contributed by atoms with Gasteiger partial charge in [0.1, 0.15) is 5.75 Å². The van der Waals surface area contributed by atoms with Crippen molar-refractivity contribution in [2.45, 2.75) is 26.8 Å². The third-order valence-electron chi connectivity index (χ3n) is 5.98. The lowest BCUT2D eigenvalue weighted by atomic mass is 10.0. The molecule has 0 aliphatic rings. The van der Waals surface area contributed by atoms with E-state index in [-0.39, 0.29) is 13.0 Å². The maximum absolute atomic E-state index is 13.6. The highest BCUT2D eigenvalue weighted by atomic mass is 32.2. The number of ether oxygens (including phenoxy) is 2. The van der Waals surface area contributed by atoms with Gasteiger partial charge in [-0.25, -0.2) is 18.0 Å². The maximum atomic E-state index is 13.6. The second kappa shape index (κ2) is 10.0. The van der Waals surface area contributed by atoms with E-state index in [2.05, 4.69) is 0 Å². The number of methoxy groups -OCH3 is 1. The van der Waals surface area contributed by atoms with Gasteiger partial charge in [0.05, 0.1) is 39.1 Å². The molecule has 1 heterocycles. The molecule has 0 saturated carbocycles. The van der Waals surface area contributed by atoms with Crippen LogP contribution in [0.2, 0.25) is 0 Å². The molecule has 0 amide bonds. The molecular weight excluding hydrogens is 482 g/mol. The number of carbonyl (C=O) groups excluding carboxylic acids is 2. The van der Waals surface area contributed by atoms with E-state index in [9.17, 15) is 22.6 Å². The number of pyridine rings is 1. The summed E-state index contributed by atoms with van der Waals surface area (Å²) >= 11 is 0. The number of carbonyl (C=O) groups is 2. The van der Waals surface area contributed by atoms with Gasteiger partial charge in [0.2, 0.25) is 11.0 Å². The van der Waals surface area contributed by atoms with Crippen molar-refractivity contribution in [1.82, 2.24) is 0 Å². The van der Waals surface area contributed by atoms with Crippen LogP contribution in [0.3, 0.4) is 0 Å². The lowest BCUT2D eigenvalue weighted by molar-refractivity contribution is -0.645. The predicted molar refractivity (Wildman–Crippen MR) is 133 cm³/mol. The molecule has 0 fully saturated rings. The fourth-order valence-electron chi connectivity index (χ4n) is 4.47. The maximum Gasteiger partial charge on any atom is 0.345 e. The summed E-state index contributed by atoms with van der Waals surface area (Å²) in [7, 11) is -3.04. The third kappa shape index (κ3) is 5.07. The molecule has 0 aliphatic carbocycles. The van der Waals surface area contributed by atoms with Crippen LogP contribution in [0.5, 0.6) is 5.75 Å². The summed E-state index contributed by atoms with van der Waals surface area (Å²) in [6, 6.07) is 17.8. The Morgan fingerprint density at radius 2 is 1.42 bits per heavy atom. The average Bonchev–Trinajstić information content (AvgIpc) is 2.84. The van der Waals surface area contributed by atoms with Crippen molar-refractivity contribution in [3.63, 3.8) is 0 Å². The summed E-state index contributed by atoms with van der Waals surface area (Å²) in [6.45, 7) is 3.79. The Morgan fingerprint density at radius 1 is 0.889 bits per heavy atom. The standard InChI is InChI=1S/C27H25NO7S/c1-17-15-19(26(29)34-3)16-18(2)25(17)35-27(30)24-20-9-4-6-11-22(20)28(13-8-14-36(31,32)33)23-12-7-5-10-21(23)24/h4-7,9-12,15-16H,8,13-14H2,1-3H3. The zero-order valence-electron chi connectivity index (χ0n) is 20.1. The van der Waals surface area contributed by atoms with Gasteiger partial charge in [0.25, 0.3) is 0 Å². The summed E-state index contributed by atoms with van der Waals surface area (Å²) < 4.78 is 46.0. The van der Waals surface area contributed by atoms with Crippen LogP contribution in [0.1, 0.15) is 38.3 Å². The molecule has 0 atom stereocenters. The second-order valence-electron chi connectivity index (χ2n) is 8.50. The van der Waals surface area contributed by atoms with E-state index in [1.54, 1.807) is 38.1 Å². The van der Waals surface area contributed by atoms with Crippen LogP contribution in [0.4, 0.5) is 0 Å². The number of aromatic nitrogens is 1. The van der Waals surface area contributed by atoms with Crippen LogP contribution in [0, 0.1) is 13.8 Å². The minimum absolute atomic E-state index is 0.138. The molecule has 0 unspecified atom stereocenters. The molecule has 4 aromatic rings. The van der Waals surface area contributed by atoms with Crippen molar-refractivity contribution in [2.24, 2.45) is 0 Å². The van der Waals surface area contributed by atoms with Crippen LogP contribution < -0.4 is 9.30 Å². The van der Waals surface area contributed by atoms with Crippen LogP contribution in [-0.4, -0.2) is 37.8 Å². The topological polar surface area (TPSA) is 114 Å². The fraction of sp³-hybridized carbons (Fsp3) is 0.222. The largest absolute Gasteiger partial charge is 0.748 e. The van der Waals surface area contributed by atoms with Gasteiger partial charge in [-0.1, -0.05) is 24.3 Å². The van der Waals surface area contributed by atoms with Gasteiger partial charge in [-0.05, 0) is 49.2 Å². The van der Waals surface area contributed by atoms with Crippen molar-refractivity contribution in [2.75, 3.05) is 12.9 Å². The Morgan fingerprint density at radius 3 is 1.92 bits per heavy atom. The predicted octanol–water partition coefficient (Wildman–Crippen LogP) is 3.84. The summed E-state index contributed by atoms with van der Waals surface area (Å²) in [5.74, 6) is -1.16. The van der Waals surface area contributed by atoms with Gasteiger partial charge in [0.15, 0.2) is 6.54 Å². The Bertz CT molecular complexity index is 1530. The van der Waals surface area contributed by atoms with E-state index in [1.165, 1.54) is 7.11 Å². The molecule has 0 N–H and O–H groups in total. The first-order valence-electron chi connectivity index (χ1n) is 11.3. The SMILES string of the molecule is COC(=O)c1cc(C)c(OC(=O)c2c3ccccc3[n+](CCCS(=O)(=O)[O-])c3ccccc23)c(C)c1. The Labute approximate surface area is 208 Å². The molecule has 0 spiro atoms. The number of aryl methyl sites for hydroxylation is 3. The molecule has 0 aliphatic heterocycles. The average molecular weight is 508 g/mol. The van der Waals surface area contributed by atoms with Gasteiger partial charge < -0.3 is 14.0 Å². The van der Waals surface area contributed by atoms with Gasteiger partial charge in [0, 0.05) is 24.3 Å². The second-order valence-corrected chi connectivity index (χ2v) is 10.0. The van der Waals surface area contributed by atoms with Crippen LogP contribution in [-0.2, 0) is 21.4 Å². The molecule has 3 aromatic carbocycles. The van der Waals surface area contributed by atoms with Crippen LogP contribution in [0.15, 0.2) is 60.7 Å². The number of hydrogen-bond donors (Lipinski definition) is 0. The first-order valence-corrected chi connectivity index (χ1v) is 12.9. The van der Waals surface area contributed by atoms with Crippen molar-refractivity contribution >= 4 is 43.9 Å². The zero-order chi connectivity index (χ0) is 26.0. The van der Waals surface area contributed by atoms with Gasteiger partial charge in [-0.3, -0.25) is 0 Å². The van der Waals surface area contributed by atoms with Gasteiger partial charge in [-0.2, -0.15) is 4.57 Å². The molecule has 36 heavy (non-hydrogen) atoms. The number of hydrogen-bond acceptors (Lipinski definition) is 7. The fourth-order valence-corrected chi connectivity index (χ4v) is 4.95. The smallest absolute Gasteiger partial charge is 0.345 e. The molecule has 0 bridgehead atoms. The van der Waals surface area contributed by atoms with E-state index in [0.717, 1.165) is 0 Å². The van der Waals surface area contributed by atoms with Gasteiger partial charge >= 0.3 is 11.9 Å². The normalized spacial score (nSPS) is 11.6. The van der Waals surface area contributed by atoms with Crippen LogP contribution >= 0.6 is 0 Å². The summed E-state index contributed by atoms with van der Waals surface area (Å²) in [4.78, 5) is 25.6. The molecule has 8 nitrogen and oxygen atoms in total. The van der Waals surface area contributed by atoms with E-state index in [4.69, 9.17) is 9.47 Å². The number of nitrogens with zero attached hydrogens (tertiary/aromatic N) is 1. The first kappa shape index (κ1) is 25.3. The molecular formula is C27H25NO7S. The monoisotopic (exact) mass is 507 g/mol. The van der Waals surface area contributed by atoms with E-state index >= 15 is 0 Å². The summed E-state index contributed by atoms with van der Waals surface area (Å²) in [6.07, 6.45) is 0.138. The number of rotatable bonds is 7. The summed E-state index contributed by atoms with van der Waals surface area (Å²) in [5, 5.41) is 1.26. The number of benzene rings is 3. The lowest BCUT2D eigenvalue weighted by Crippen LogP contribution is -2.37. The number of fused-ring (bicyclic) bond motifs is 2. The van der Waals surface area contributed by atoms with Crippen molar-refractivity contribution in [1.29, 1.82) is 0 Å². The number of esters is 2. The van der Waals surface area contributed by atoms with E-state index in [0.29, 0.717) is 49.8 Å². The van der Waals surface area contributed by atoms with E-state index in [1.807, 2.05) is 41.0 Å². The van der Waals surface area contributed by atoms with E-state index < -0.39 is 27.8 Å². The first-order chi connectivity index (χ1) is 17.1. The van der Waals surface area contributed by atoms with Gasteiger partial charge in [-0.15, -0.1) is 0 Å². The molecule has 4 rings (SSSR count).